The summed E-state index contributed by atoms with van der Waals surface area (Å²) < 4.78 is 1.99. The van der Waals surface area contributed by atoms with Crippen LogP contribution in [0, 0.1) is 0 Å². The number of carbonyl (C=O) groups is 1. The largest absolute Gasteiger partial charge is 0.339 e. The third-order valence-corrected chi connectivity index (χ3v) is 6.24. The lowest BCUT2D eigenvalue weighted by Crippen LogP contribution is -2.27. The van der Waals surface area contributed by atoms with E-state index in [9.17, 15) is 4.79 Å². The summed E-state index contributed by atoms with van der Waals surface area (Å²) in [6.45, 7) is 1.75. The topological polar surface area (TPSA) is 51.0 Å². The van der Waals surface area contributed by atoms with Crippen LogP contribution in [0.15, 0.2) is 53.7 Å². The smallest absolute Gasteiger partial charge is 0.253 e. The molecular weight excluding hydrogens is 392 g/mol. The zero-order valence-corrected chi connectivity index (χ0v) is 17.2. The summed E-state index contributed by atoms with van der Waals surface area (Å²) in [5.41, 5.74) is 2.90. The van der Waals surface area contributed by atoms with Crippen molar-refractivity contribution >= 4 is 29.3 Å². The molecule has 0 spiro atoms. The van der Waals surface area contributed by atoms with Crippen molar-refractivity contribution in [3.63, 3.8) is 0 Å². The van der Waals surface area contributed by atoms with Crippen molar-refractivity contribution < 1.29 is 4.79 Å². The molecule has 1 aliphatic rings. The van der Waals surface area contributed by atoms with Gasteiger partial charge in [-0.05, 0) is 54.8 Å². The van der Waals surface area contributed by atoms with E-state index in [-0.39, 0.29) is 5.91 Å². The van der Waals surface area contributed by atoms with Crippen LogP contribution in [0.5, 0.6) is 0 Å². The van der Waals surface area contributed by atoms with Crippen molar-refractivity contribution in [1.29, 1.82) is 0 Å². The quantitative estimate of drug-likeness (QED) is 0.571. The number of halogens is 1. The van der Waals surface area contributed by atoms with Gasteiger partial charge in [-0.1, -0.05) is 35.5 Å². The molecule has 3 aromatic rings. The molecule has 0 N–H and O–H groups in total. The van der Waals surface area contributed by atoms with Crippen LogP contribution < -0.4 is 0 Å². The molecule has 7 heteroatoms. The molecule has 2 heterocycles. The van der Waals surface area contributed by atoms with Gasteiger partial charge in [0.25, 0.3) is 5.91 Å². The molecule has 0 radical (unpaired) electrons. The van der Waals surface area contributed by atoms with Crippen LogP contribution in [0.4, 0.5) is 0 Å². The molecule has 4 rings (SSSR count). The summed E-state index contributed by atoms with van der Waals surface area (Å²) in [4.78, 5) is 14.4. The Hall–Kier alpha value is -2.31. The Morgan fingerprint density at radius 1 is 1.04 bits per heavy atom. The van der Waals surface area contributed by atoms with Crippen molar-refractivity contribution in [2.75, 3.05) is 13.1 Å². The SMILES string of the molecule is Cn1c(SCc2ccc(C(=O)N3CCCC3)cc2)nnc1-c1ccc(Cl)cc1. The van der Waals surface area contributed by atoms with E-state index in [1.807, 2.05) is 65.0 Å². The van der Waals surface area contributed by atoms with Crippen LogP contribution >= 0.6 is 23.4 Å². The second-order valence-electron chi connectivity index (χ2n) is 6.86. The van der Waals surface area contributed by atoms with E-state index in [0.717, 1.165) is 59.4 Å². The van der Waals surface area contributed by atoms with Gasteiger partial charge in [-0.25, -0.2) is 0 Å². The Morgan fingerprint density at radius 3 is 2.39 bits per heavy atom. The zero-order chi connectivity index (χ0) is 19.5. The number of amides is 1. The Morgan fingerprint density at radius 2 is 1.71 bits per heavy atom. The Labute approximate surface area is 173 Å². The fourth-order valence-corrected chi connectivity index (χ4v) is 4.28. The molecule has 1 fully saturated rings. The molecule has 0 saturated carbocycles. The lowest BCUT2D eigenvalue weighted by atomic mass is 10.1. The van der Waals surface area contributed by atoms with Crippen LogP contribution in [-0.4, -0.2) is 38.7 Å². The zero-order valence-electron chi connectivity index (χ0n) is 15.6. The number of thioether (sulfide) groups is 1. The summed E-state index contributed by atoms with van der Waals surface area (Å²) >= 11 is 7.58. The molecule has 0 aliphatic carbocycles. The maximum Gasteiger partial charge on any atom is 0.253 e. The minimum atomic E-state index is 0.137. The summed E-state index contributed by atoms with van der Waals surface area (Å²) in [5, 5.41) is 10.2. The highest BCUT2D eigenvalue weighted by molar-refractivity contribution is 7.98. The van der Waals surface area contributed by atoms with Gasteiger partial charge in [0, 0.05) is 42.0 Å². The predicted molar refractivity (Wildman–Crippen MR) is 113 cm³/mol. The van der Waals surface area contributed by atoms with Gasteiger partial charge >= 0.3 is 0 Å². The maximum atomic E-state index is 12.4. The van der Waals surface area contributed by atoms with E-state index >= 15 is 0 Å². The van der Waals surface area contributed by atoms with E-state index in [1.54, 1.807) is 11.8 Å². The number of aromatic nitrogens is 3. The first-order chi connectivity index (χ1) is 13.6. The number of benzene rings is 2. The molecule has 5 nitrogen and oxygen atoms in total. The second kappa shape index (κ2) is 8.37. The van der Waals surface area contributed by atoms with Gasteiger partial charge in [-0.3, -0.25) is 4.79 Å². The van der Waals surface area contributed by atoms with E-state index < -0.39 is 0 Å². The molecule has 28 heavy (non-hydrogen) atoms. The normalized spacial score (nSPS) is 13.9. The Kier molecular flexibility index (Phi) is 5.69. The first kappa shape index (κ1) is 19.0. The molecular formula is C21H21ClN4OS. The molecule has 1 amide bonds. The van der Waals surface area contributed by atoms with Gasteiger partial charge in [0.05, 0.1) is 0 Å². The fraction of sp³-hybridized carbons (Fsp3) is 0.286. The first-order valence-corrected chi connectivity index (χ1v) is 10.6. The second-order valence-corrected chi connectivity index (χ2v) is 8.24. The van der Waals surface area contributed by atoms with Crippen LogP contribution in [0.1, 0.15) is 28.8 Å². The molecule has 0 unspecified atom stereocenters. The molecule has 1 saturated heterocycles. The number of hydrogen-bond acceptors (Lipinski definition) is 4. The van der Waals surface area contributed by atoms with Crippen LogP contribution in [0.3, 0.4) is 0 Å². The molecule has 0 atom stereocenters. The van der Waals surface area contributed by atoms with Crippen LogP contribution in [-0.2, 0) is 12.8 Å². The van der Waals surface area contributed by atoms with Gasteiger partial charge in [0.1, 0.15) is 0 Å². The van der Waals surface area contributed by atoms with Crippen molar-refractivity contribution in [1.82, 2.24) is 19.7 Å². The standard InChI is InChI=1S/C21H21ClN4OS/c1-25-19(16-8-10-18(22)11-9-16)23-24-21(25)28-14-15-4-6-17(7-5-15)20(27)26-12-2-3-13-26/h4-11H,2-3,12-14H2,1H3. The highest BCUT2D eigenvalue weighted by Gasteiger charge is 2.19. The molecule has 2 aromatic carbocycles. The fourth-order valence-electron chi connectivity index (χ4n) is 3.29. The molecule has 144 valence electrons. The molecule has 1 aromatic heterocycles. The number of carbonyl (C=O) groups excluding carboxylic acids is 1. The summed E-state index contributed by atoms with van der Waals surface area (Å²) in [7, 11) is 1.96. The average Bonchev–Trinajstić information content (AvgIpc) is 3.37. The average molecular weight is 413 g/mol. The monoisotopic (exact) mass is 412 g/mol. The maximum absolute atomic E-state index is 12.4. The summed E-state index contributed by atoms with van der Waals surface area (Å²) in [5.74, 6) is 1.72. The van der Waals surface area contributed by atoms with E-state index in [1.165, 1.54) is 0 Å². The van der Waals surface area contributed by atoms with Crippen molar-refractivity contribution in [3.8, 4) is 11.4 Å². The summed E-state index contributed by atoms with van der Waals surface area (Å²) in [6.07, 6.45) is 2.21. The van der Waals surface area contributed by atoms with E-state index in [2.05, 4.69) is 10.2 Å². The number of rotatable bonds is 5. The lowest BCUT2D eigenvalue weighted by molar-refractivity contribution is 0.0793. The molecule has 0 bridgehead atoms. The lowest BCUT2D eigenvalue weighted by Gasteiger charge is -2.15. The Balaban J connectivity index is 1.40. The van der Waals surface area contributed by atoms with E-state index in [4.69, 9.17) is 11.6 Å². The van der Waals surface area contributed by atoms with Gasteiger partial charge in [-0.2, -0.15) is 0 Å². The summed E-state index contributed by atoms with van der Waals surface area (Å²) in [6, 6.07) is 15.5. The van der Waals surface area contributed by atoms with Crippen molar-refractivity contribution in [2.45, 2.75) is 23.8 Å². The van der Waals surface area contributed by atoms with E-state index in [0.29, 0.717) is 5.02 Å². The molecule has 1 aliphatic heterocycles. The first-order valence-electron chi connectivity index (χ1n) is 9.28. The highest BCUT2D eigenvalue weighted by Crippen LogP contribution is 2.26. The van der Waals surface area contributed by atoms with Gasteiger partial charge in [-0.15, -0.1) is 10.2 Å². The van der Waals surface area contributed by atoms with Crippen LogP contribution in [0.2, 0.25) is 5.02 Å². The third kappa shape index (κ3) is 4.08. The Bertz CT molecular complexity index is 963. The number of nitrogens with zero attached hydrogens (tertiary/aromatic N) is 4. The highest BCUT2D eigenvalue weighted by atomic mass is 35.5. The minimum Gasteiger partial charge on any atom is -0.339 e. The third-order valence-electron chi connectivity index (χ3n) is 4.90. The van der Waals surface area contributed by atoms with Gasteiger partial charge < -0.3 is 9.47 Å². The predicted octanol–water partition coefficient (Wildman–Crippen LogP) is 4.66. The van der Waals surface area contributed by atoms with Crippen molar-refractivity contribution in [3.05, 3.63) is 64.7 Å². The number of hydrogen-bond donors (Lipinski definition) is 0. The minimum absolute atomic E-state index is 0.137. The van der Waals surface area contributed by atoms with Crippen molar-refractivity contribution in [2.24, 2.45) is 7.05 Å². The van der Waals surface area contributed by atoms with Gasteiger partial charge in [0.15, 0.2) is 11.0 Å². The van der Waals surface area contributed by atoms with Gasteiger partial charge in [0.2, 0.25) is 0 Å². The number of likely N-dealkylation sites (tertiary alicyclic amines) is 1. The van der Waals surface area contributed by atoms with Crippen LogP contribution in [0.25, 0.3) is 11.4 Å².